The van der Waals surface area contributed by atoms with Crippen molar-refractivity contribution in [1.29, 1.82) is 0 Å². The molecule has 3 heterocycles. The standard InChI is InChI=1S/C24H24N6OS/c31-21(15-20-16-32-24(27-20)23-25-17-26-28-23)29-11-13-30(14-12-29)22(18-7-3-1-4-8-18)19-9-5-2-6-10-19/h1-10,16-17,22H,11-15H2,(H,25,26,28). The Hall–Kier alpha value is -3.36. The number of aromatic amines is 1. The summed E-state index contributed by atoms with van der Waals surface area (Å²) in [6.45, 7) is 3.10. The van der Waals surface area contributed by atoms with Gasteiger partial charge in [0.2, 0.25) is 5.91 Å². The van der Waals surface area contributed by atoms with Crippen LogP contribution in [0.3, 0.4) is 0 Å². The average Bonchev–Trinajstić information content (AvgIpc) is 3.53. The third-order valence-electron chi connectivity index (χ3n) is 5.76. The predicted molar refractivity (Wildman–Crippen MR) is 124 cm³/mol. The first kappa shape index (κ1) is 20.5. The van der Waals surface area contributed by atoms with Crippen LogP contribution in [-0.2, 0) is 11.2 Å². The highest BCUT2D eigenvalue weighted by Gasteiger charge is 2.28. The van der Waals surface area contributed by atoms with Gasteiger partial charge in [0.25, 0.3) is 0 Å². The molecule has 5 rings (SSSR count). The lowest BCUT2D eigenvalue weighted by Crippen LogP contribution is -2.50. The van der Waals surface area contributed by atoms with Gasteiger partial charge in [-0.25, -0.2) is 9.97 Å². The van der Waals surface area contributed by atoms with Crippen molar-refractivity contribution in [3.05, 3.63) is 89.2 Å². The summed E-state index contributed by atoms with van der Waals surface area (Å²) in [7, 11) is 0. The molecule has 0 radical (unpaired) electrons. The van der Waals surface area contributed by atoms with Gasteiger partial charge in [-0.3, -0.25) is 14.8 Å². The maximum Gasteiger partial charge on any atom is 0.228 e. The predicted octanol–water partition coefficient (Wildman–Crippen LogP) is 3.40. The topological polar surface area (TPSA) is 78.0 Å². The zero-order chi connectivity index (χ0) is 21.8. The fourth-order valence-corrected chi connectivity index (χ4v) is 4.95. The average molecular weight is 445 g/mol. The second-order valence-corrected chi connectivity index (χ2v) is 8.65. The van der Waals surface area contributed by atoms with Crippen molar-refractivity contribution >= 4 is 17.2 Å². The van der Waals surface area contributed by atoms with E-state index in [-0.39, 0.29) is 11.9 Å². The lowest BCUT2D eigenvalue weighted by Gasteiger charge is -2.39. The summed E-state index contributed by atoms with van der Waals surface area (Å²) in [6.07, 6.45) is 1.77. The summed E-state index contributed by atoms with van der Waals surface area (Å²) in [5, 5.41) is 9.35. The molecule has 0 atom stereocenters. The van der Waals surface area contributed by atoms with Crippen LogP contribution in [0, 0.1) is 0 Å². The summed E-state index contributed by atoms with van der Waals surface area (Å²) in [5.41, 5.74) is 3.34. The molecule has 4 aromatic rings. The van der Waals surface area contributed by atoms with Crippen LogP contribution in [0.1, 0.15) is 22.9 Å². The summed E-state index contributed by atoms with van der Waals surface area (Å²) in [6, 6.07) is 21.4. The quantitative estimate of drug-likeness (QED) is 0.493. The molecule has 0 spiro atoms. The SMILES string of the molecule is O=C(Cc1csc(-c2ncn[nH]2)n1)N1CCN(C(c2ccccc2)c2ccccc2)CC1. The molecular weight excluding hydrogens is 420 g/mol. The fraction of sp³-hybridized carbons (Fsp3) is 0.250. The highest BCUT2D eigenvalue weighted by molar-refractivity contribution is 7.13. The van der Waals surface area contributed by atoms with E-state index in [1.54, 1.807) is 0 Å². The Bertz CT molecular complexity index is 1100. The molecule has 0 saturated carbocycles. The molecule has 1 amide bonds. The van der Waals surface area contributed by atoms with Gasteiger partial charge in [0.05, 0.1) is 18.2 Å². The number of hydrogen-bond donors (Lipinski definition) is 1. The van der Waals surface area contributed by atoms with Gasteiger partial charge >= 0.3 is 0 Å². The Labute approximate surface area is 190 Å². The molecule has 1 aliphatic heterocycles. The number of carbonyl (C=O) groups excluding carboxylic acids is 1. The van der Waals surface area contributed by atoms with Crippen LogP contribution in [0.5, 0.6) is 0 Å². The van der Waals surface area contributed by atoms with Crippen LogP contribution in [0.15, 0.2) is 72.4 Å². The van der Waals surface area contributed by atoms with E-state index < -0.39 is 0 Å². The van der Waals surface area contributed by atoms with Gasteiger partial charge in [-0.2, -0.15) is 5.10 Å². The van der Waals surface area contributed by atoms with Gasteiger partial charge in [-0.05, 0) is 11.1 Å². The smallest absolute Gasteiger partial charge is 0.228 e. The molecule has 1 aliphatic rings. The molecule has 8 heteroatoms. The van der Waals surface area contributed by atoms with Crippen molar-refractivity contribution in [3.8, 4) is 10.8 Å². The van der Waals surface area contributed by atoms with Crippen molar-refractivity contribution < 1.29 is 4.79 Å². The number of rotatable bonds is 6. The number of piperazine rings is 1. The van der Waals surface area contributed by atoms with Crippen molar-refractivity contribution in [3.63, 3.8) is 0 Å². The van der Waals surface area contributed by atoms with E-state index in [0.717, 1.165) is 23.8 Å². The lowest BCUT2D eigenvalue weighted by molar-refractivity contribution is -0.132. The van der Waals surface area contributed by atoms with Crippen LogP contribution in [0.25, 0.3) is 10.8 Å². The molecule has 162 valence electrons. The minimum absolute atomic E-state index is 0.120. The van der Waals surface area contributed by atoms with Crippen LogP contribution in [-0.4, -0.2) is 62.1 Å². The Morgan fingerprint density at radius 2 is 1.62 bits per heavy atom. The maximum absolute atomic E-state index is 12.9. The van der Waals surface area contributed by atoms with Crippen LogP contribution in [0.4, 0.5) is 0 Å². The second kappa shape index (κ2) is 9.42. The monoisotopic (exact) mass is 444 g/mol. The largest absolute Gasteiger partial charge is 0.340 e. The van der Waals surface area contributed by atoms with E-state index in [0.29, 0.717) is 25.3 Å². The Kier molecular flexibility index (Phi) is 6.04. The van der Waals surface area contributed by atoms with Gasteiger partial charge < -0.3 is 4.90 Å². The number of benzene rings is 2. The summed E-state index contributed by atoms with van der Waals surface area (Å²) in [4.78, 5) is 26.0. The number of nitrogens with zero attached hydrogens (tertiary/aromatic N) is 5. The minimum Gasteiger partial charge on any atom is -0.340 e. The summed E-state index contributed by atoms with van der Waals surface area (Å²) >= 11 is 1.47. The first-order valence-corrected chi connectivity index (χ1v) is 11.6. The molecule has 0 aliphatic carbocycles. The van der Waals surface area contributed by atoms with Gasteiger partial charge in [0, 0.05) is 31.6 Å². The van der Waals surface area contributed by atoms with Crippen molar-refractivity contribution in [2.24, 2.45) is 0 Å². The van der Waals surface area contributed by atoms with E-state index in [2.05, 4.69) is 85.7 Å². The van der Waals surface area contributed by atoms with Crippen LogP contribution < -0.4 is 0 Å². The Morgan fingerprint density at radius 3 is 2.22 bits per heavy atom. The molecule has 1 N–H and O–H groups in total. The zero-order valence-corrected chi connectivity index (χ0v) is 18.4. The number of nitrogens with one attached hydrogen (secondary N) is 1. The number of aromatic nitrogens is 4. The Morgan fingerprint density at radius 1 is 0.969 bits per heavy atom. The van der Waals surface area contributed by atoms with Gasteiger partial charge in [0.1, 0.15) is 6.33 Å². The maximum atomic E-state index is 12.9. The number of amides is 1. The van der Waals surface area contributed by atoms with Crippen LogP contribution in [0.2, 0.25) is 0 Å². The third-order valence-corrected chi connectivity index (χ3v) is 6.66. The normalized spacial score (nSPS) is 14.7. The number of H-pyrrole nitrogens is 1. The highest BCUT2D eigenvalue weighted by Crippen LogP contribution is 2.29. The lowest BCUT2D eigenvalue weighted by atomic mass is 9.96. The molecular formula is C24H24N6OS. The molecule has 32 heavy (non-hydrogen) atoms. The minimum atomic E-state index is 0.120. The summed E-state index contributed by atoms with van der Waals surface area (Å²) < 4.78 is 0. The fourth-order valence-electron chi connectivity index (χ4n) is 4.19. The second-order valence-electron chi connectivity index (χ2n) is 7.80. The van der Waals surface area contributed by atoms with E-state index in [9.17, 15) is 4.79 Å². The molecule has 2 aromatic carbocycles. The Balaban J connectivity index is 1.24. The van der Waals surface area contributed by atoms with Gasteiger partial charge in [-0.1, -0.05) is 60.7 Å². The van der Waals surface area contributed by atoms with E-state index in [1.165, 1.54) is 28.8 Å². The first-order chi connectivity index (χ1) is 15.8. The van der Waals surface area contributed by atoms with Gasteiger partial charge in [-0.15, -0.1) is 11.3 Å². The van der Waals surface area contributed by atoms with Gasteiger partial charge in [0.15, 0.2) is 10.8 Å². The molecule has 7 nitrogen and oxygen atoms in total. The summed E-state index contributed by atoms with van der Waals surface area (Å²) in [5.74, 6) is 0.755. The highest BCUT2D eigenvalue weighted by atomic mass is 32.1. The van der Waals surface area contributed by atoms with Crippen molar-refractivity contribution in [1.82, 2.24) is 30.0 Å². The molecule has 0 unspecified atom stereocenters. The molecule has 1 saturated heterocycles. The van der Waals surface area contributed by atoms with Crippen LogP contribution >= 0.6 is 11.3 Å². The van der Waals surface area contributed by atoms with E-state index >= 15 is 0 Å². The van der Waals surface area contributed by atoms with E-state index in [4.69, 9.17) is 0 Å². The molecule has 2 aromatic heterocycles. The molecule has 0 bridgehead atoms. The number of thiazole rings is 1. The third kappa shape index (κ3) is 4.46. The van der Waals surface area contributed by atoms with Crippen molar-refractivity contribution in [2.45, 2.75) is 12.5 Å². The van der Waals surface area contributed by atoms with Crippen molar-refractivity contribution in [2.75, 3.05) is 26.2 Å². The molecule has 1 fully saturated rings. The number of carbonyl (C=O) groups is 1. The van der Waals surface area contributed by atoms with E-state index in [1.807, 2.05) is 10.3 Å². The number of hydrogen-bond acceptors (Lipinski definition) is 6. The zero-order valence-electron chi connectivity index (χ0n) is 17.6. The first-order valence-electron chi connectivity index (χ1n) is 10.7.